The van der Waals surface area contributed by atoms with E-state index in [1.165, 1.54) is 7.11 Å². The molecule has 0 radical (unpaired) electrons. The summed E-state index contributed by atoms with van der Waals surface area (Å²) in [5.41, 5.74) is 2.67. The van der Waals surface area contributed by atoms with Crippen molar-refractivity contribution < 1.29 is 19.0 Å². The Bertz CT molecular complexity index is 874. The van der Waals surface area contributed by atoms with Crippen LogP contribution < -0.4 is 9.47 Å². The van der Waals surface area contributed by atoms with Crippen LogP contribution in [0.15, 0.2) is 40.9 Å². The highest BCUT2D eigenvalue weighted by Gasteiger charge is 2.16. The third-order valence-electron chi connectivity index (χ3n) is 3.55. The minimum Gasteiger partial charge on any atom is -0.490 e. The summed E-state index contributed by atoms with van der Waals surface area (Å²) in [6, 6.07) is 11.4. The number of nitrogens with zero attached hydrogens (tertiary/aromatic N) is 1. The first kappa shape index (κ1) is 17.3. The number of hydrogen-bond acceptors (Lipinski definition) is 5. The van der Waals surface area contributed by atoms with Crippen molar-refractivity contribution in [2.45, 2.75) is 6.92 Å². The van der Waals surface area contributed by atoms with E-state index in [9.17, 15) is 4.79 Å². The molecule has 1 N–H and O–H groups in total. The zero-order chi connectivity index (χ0) is 17.8. The highest BCUT2D eigenvalue weighted by molar-refractivity contribution is 9.10. The summed E-state index contributed by atoms with van der Waals surface area (Å²) in [6.07, 6.45) is 0. The number of rotatable bonds is 6. The fourth-order valence-corrected chi connectivity index (χ4v) is 2.88. The Balaban J connectivity index is 1.99. The summed E-state index contributed by atoms with van der Waals surface area (Å²) >= 11 is 3.54. The summed E-state index contributed by atoms with van der Waals surface area (Å²) in [4.78, 5) is 19.2. The second kappa shape index (κ2) is 7.57. The molecule has 1 heterocycles. The fourth-order valence-electron chi connectivity index (χ4n) is 2.37. The number of carbonyl (C=O) groups is 1. The average Bonchev–Trinajstić information content (AvgIpc) is 3.05. The summed E-state index contributed by atoms with van der Waals surface area (Å²) < 4.78 is 16.5. The van der Waals surface area contributed by atoms with E-state index >= 15 is 0 Å². The normalized spacial score (nSPS) is 10.7. The lowest BCUT2D eigenvalue weighted by Crippen LogP contribution is -2.13. The average molecular weight is 405 g/mol. The number of esters is 1. The maximum absolute atomic E-state index is 11.3. The Kier molecular flexibility index (Phi) is 5.23. The largest absolute Gasteiger partial charge is 0.490 e. The molecule has 2 aromatic carbocycles. The van der Waals surface area contributed by atoms with Gasteiger partial charge in [-0.05, 0) is 47.1 Å². The lowest BCUT2D eigenvalue weighted by molar-refractivity contribution is -0.142. The van der Waals surface area contributed by atoms with Crippen molar-refractivity contribution in [3.05, 3.63) is 40.9 Å². The smallest absolute Gasteiger partial charge is 0.343 e. The Morgan fingerprint density at radius 1 is 1.20 bits per heavy atom. The fraction of sp³-hybridized carbons (Fsp3) is 0.222. The van der Waals surface area contributed by atoms with Gasteiger partial charge < -0.3 is 19.2 Å². The number of methoxy groups -OCH3 is 1. The highest BCUT2D eigenvalue weighted by Crippen LogP contribution is 2.38. The van der Waals surface area contributed by atoms with Crippen molar-refractivity contribution in [1.82, 2.24) is 9.97 Å². The van der Waals surface area contributed by atoms with Gasteiger partial charge in [-0.25, -0.2) is 9.78 Å². The maximum atomic E-state index is 11.3. The number of H-pyrrole nitrogens is 1. The molecule has 130 valence electrons. The van der Waals surface area contributed by atoms with Crippen LogP contribution in [0.3, 0.4) is 0 Å². The third kappa shape index (κ3) is 3.76. The summed E-state index contributed by atoms with van der Waals surface area (Å²) in [5.74, 6) is 1.25. The lowest BCUT2D eigenvalue weighted by atomic mass is 10.2. The first-order valence-corrected chi connectivity index (χ1v) is 8.52. The molecule has 3 aromatic rings. The maximum Gasteiger partial charge on any atom is 0.343 e. The van der Waals surface area contributed by atoms with Gasteiger partial charge in [-0.3, -0.25) is 0 Å². The third-order valence-corrected chi connectivity index (χ3v) is 4.21. The minimum absolute atomic E-state index is 0.188. The molecule has 0 aliphatic carbocycles. The molecule has 0 amide bonds. The SMILES string of the molecule is CCOc1cc(-c2nc3ccccc3[nH]2)c(Br)cc1OCC(=O)OC. The first-order valence-electron chi connectivity index (χ1n) is 7.73. The predicted molar refractivity (Wildman–Crippen MR) is 97.9 cm³/mol. The van der Waals surface area contributed by atoms with Gasteiger partial charge in [0.15, 0.2) is 18.1 Å². The van der Waals surface area contributed by atoms with Crippen molar-refractivity contribution >= 4 is 32.9 Å². The lowest BCUT2D eigenvalue weighted by Gasteiger charge is -2.13. The van der Waals surface area contributed by atoms with Crippen LogP contribution in [-0.4, -0.2) is 36.3 Å². The number of fused-ring (bicyclic) bond motifs is 1. The van der Waals surface area contributed by atoms with Gasteiger partial charge in [0, 0.05) is 10.0 Å². The zero-order valence-corrected chi connectivity index (χ0v) is 15.4. The van der Waals surface area contributed by atoms with E-state index < -0.39 is 5.97 Å². The van der Waals surface area contributed by atoms with Crippen LogP contribution in [0, 0.1) is 0 Å². The van der Waals surface area contributed by atoms with Crippen molar-refractivity contribution in [1.29, 1.82) is 0 Å². The molecule has 0 aliphatic rings. The molecule has 25 heavy (non-hydrogen) atoms. The molecule has 0 bridgehead atoms. The van der Waals surface area contributed by atoms with Crippen molar-refractivity contribution in [2.75, 3.05) is 20.3 Å². The molecule has 1 aromatic heterocycles. The Labute approximate surface area is 153 Å². The van der Waals surface area contributed by atoms with Crippen molar-refractivity contribution in [2.24, 2.45) is 0 Å². The van der Waals surface area contributed by atoms with E-state index in [1.807, 2.05) is 37.3 Å². The molecule has 0 unspecified atom stereocenters. The highest BCUT2D eigenvalue weighted by atomic mass is 79.9. The van der Waals surface area contributed by atoms with Gasteiger partial charge >= 0.3 is 5.97 Å². The summed E-state index contributed by atoms with van der Waals surface area (Å²) in [7, 11) is 1.32. The number of ether oxygens (including phenoxy) is 3. The molecule has 0 spiro atoms. The topological polar surface area (TPSA) is 73.4 Å². The van der Waals surface area contributed by atoms with Crippen molar-refractivity contribution in [3.63, 3.8) is 0 Å². The van der Waals surface area contributed by atoms with Crippen LogP contribution in [0.5, 0.6) is 11.5 Å². The number of aromatic amines is 1. The predicted octanol–water partition coefficient (Wildman–Crippen LogP) is 3.94. The monoisotopic (exact) mass is 404 g/mol. The second-order valence-corrected chi connectivity index (χ2v) is 6.03. The molecule has 0 aliphatic heterocycles. The van der Waals surface area contributed by atoms with Gasteiger partial charge in [0.2, 0.25) is 0 Å². The number of para-hydroxylation sites is 2. The first-order chi connectivity index (χ1) is 12.1. The van der Waals surface area contributed by atoms with E-state index in [0.29, 0.717) is 23.9 Å². The number of aromatic nitrogens is 2. The summed E-state index contributed by atoms with van der Waals surface area (Å²) in [5, 5.41) is 0. The van der Waals surface area contributed by atoms with E-state index in [2.05, 4.69) is 30.6 Å². The molecular weight excluding hydrogens is 388 g/mol. The molecule has 0 fully saturated rings. The number of benzene rings is 2. The Morgan fingerprint density at radius 2 is 1.96 bits per heavy atom. The molecule has 0 atom stereocenters. The van der Waals surface area contributed by atoms with Gasteiger partial charge in [-0.15, -0.1) is 0 Å². The van der Waals surface area contributed by atoms with E-state index in [0.717, 1.165) is 21.1 Å². The molecule has 6 nitrogen and oxygen atoms in total. The second-order valence-electron chi connectivity index (χ2n) is 5.18. The van der Waals surface area contributed by atoms with Gasteiger partial charge in [0.1, 0.15) is 5.82 Å². The number of hydrogen-bond donors (Lipinski definition) is 1. The number of halogens is 1. The van der Waals surface area contributed by atoms with Crippen LogP contribution in [0.2, 0.25) is 0 Å². The Morgan fingerprint density at radius 3 is 2.68 bits per heavy atom. The molecule has 3 rings (SSSR count). The van der Waals surface area contributed by atoms with E-state index in [1.54, 1.807) is 6.07 Å². The zero-order valence-electron chi connectivity index (χ0n) is 13.8. The molecular formula is C18H17BrN2O4. The van der Waals surface area contributed by atoms with Crippen LogP contribution in [0.25, 0.3) is 22.4 Å². The van der Waals surface area contributed by atoms with Crippen LogP contribution >= 0.6 is 15.9 Å². The van der Waals surface area contributed by atoms with Gasteiger partial charge in [0.25, 0.3) is 0 Å². The number of carbonyl (C=O) groups excluding carboxylic acids is 1. The van der Waals surface area contributed by atoms with E-state index in [4.69, 9.17) is 9.47 Å². The van der Waals surface area contributed by atoms with Crippen LogP contribution in [0.1, 0.15) is 6.92 Å². The number of nitrogens with one attached hydrogen (secondary N) is 1. The number of imidazole rings is 1. The van der Waals surface area contributed by atoms with Gasteiger partial charge in [0.05, 0.1) is 24.8 Å². The molecule has 7 heteroatoms. The van der Waals surface area contributed by atoms with Crippen LogP contribution in [0.4, 0.5) is 0 Å². The van der Waals surface area contributed by atoms with Gasteiger partial charge in [-0.1, -0.05) is 12.1 Å². The minimum atomic E-state index is -0.458. The quantitative estimate of drug-likeness (QED) is 0.629. The molecule has 0 saturated heterocycles. The standard InChI is InChI=1S/C18H17BrN2O4/c1-3-24-15-8-11(12(19)9-16(15)25-10-17(22)23-2)18-20-13-6-4-5-7-14(13)21-18/h4-9H,3,10H2,1-2H3,(H,20,21). The van der Waals surface area contributed by atoms with E-state index in [-0.39, 0.29) is 6.61 Å². The molecule has 0 saturated carbocycles. The van der Waals surface area contributed by atoms with Crippen molar-refractivity contribution in [3.8, 4) is 22.9 Å². The van der Waals surface area contributed by atoms with Gasteiger partial charge in [-0.2, -0.15) is 0 Å². The summed E-state index contributed by atoms with van der Waals surface area (Å²) in [6.45, 7) is 2.16. The van der Waals surface area contributed by atoms with Crippen LogP contribution in [-0.2, 0) is 9.53 Å². The Hall–Kier alpha value is -2.54.